The van der Waals surface area contributed by atoms with Crippen LogP contribution in [-0.2, 0) is 0 Å². The first kappa shape index (κ1) is 14.3. The molecule has 1 aromatic rings. The number of carboxylic acid groups (broad SMARTS) is 1. The molecule has 1 aromatic heterocycles. The number of likely N-dealkylation sites (tertiary alicyclic amines) is 1. The number of aromatic carboxylic acids is 1. The molecule has 2 fully saturated rings. The fourth-order valence-corrected chi connectivity index (χ4v) is 3.70. The van der Waals surface area contributed by atoms with E-state index in [4.69, 9.17) is 0 Å². The van der Waals surface area contributed by atoms with Crippen LogP contribution in [0.25, 0.3) is 0 Å². The van der Waals surface area contributed by atoms with Gasteiger partial charge in [-0.1, -0.05) is 12.8 Å². The zero-order chi connectivity index (χ0) is 14.7. The normalized spacial score (nSPS) is 21.5. The number of nitrogens with one attached hydrogen (secondary N) is 1. The first-order chi connectivity index (χ1) is 10.2. The Hall–Kier alpha value is -1.69. The molecular formula is C15H22N4O2. The van der Waals surface area contributed by atoms with Crippen molar-refractivity contribution < 1.29 is 9.90 Å². The molecule has 2 heterocycles. The van der Waals surface area contributed by atoms with E-state index in [1.54, 1.807) is 0 Å². The lowest BCUT2D eigenvalue weighted by molar-refractivity contribution is 0.0696. The minimum absolute atomic E-state index is 0.145. The van der Waals surface area contributed by atoms with Crippen LogP contribution in [0.4, 0.5) is 5.82 Å². The number of hydrogen-bond donors (Lipinski definition) is 2. The molecule has 2 N–H and O–H groups in total. The Morgan fingerprint density at radius 1 is 1.29 bits per heavy atom. The van der Waals surface area contributed by atoms with Crippen LogP contribution >= 0.6 is 0 Å². The van der Waals surface area contributed by atoms with Crippen LogP contribution in [0.5, 0.6) is 0 Å². The Balaban J connectivity index is 1.74. The van der Waals surface area contributed by atoms with Crippen LogP contribution in [0.1, 0.15) is 48.9 Å². The molecule has 21 heavy (non-hydrogen) atoms. The number of anilines is 1. The second kappa shape index (κ2) is 5.97. The van der Waals surface area contributed by atoms with E-state index < -0.39 is 5.97 Å². The zero-order valence-corrected chi connectivity index (χ0v) is 12.2. The summed E-state index contributed by atoms with van der Waals surface area (Å²) >= 11 is 0. The first-order valence-corrected chi connectivity index (χ1v) is 7.73. The van der Waals surface area contributed by atoms with Gasteiger partial charge in [0.05, 0.1) is 0 Å². The van der Waals surface area contributed by atoms with Gasteiger partial charge in [0.25, 0.3) is 0 Å². The maximum Gasteiger partial charge on any atom is 0.341 e. The Morgan fingerprint density at radius 2 is 2.00 bits per heavy atom. The monoisotopic (exact) mass is 290 g/mol. The summed E-state index contributed by atoms with van der Waals surface area (Å²) < 4.78 is 0. The molecule has 0 bridgehead atoms. The standard InChI is InChI=1S/C15H22N4O2/c20-14(21)12-9-16-11-18-13(12)17-10-15(5-1-2-6-15)19-7-3-4-8-19/h9,11H,1-8,10H2,(H,20,21)(H,16,17,18). The molecule has 1 aliphatic heterocycles. The summed E-state index contributed by atoms with van der Waals surface area (Å²) in [5, 5.41) is 12.5. The fraction of sp³-hybridized carbons (Fsp3) is 0.667. The van der Waals surface area contributed by atoms with Gasteiger partial charge in [0.1, 0.15) is 17.7 Å². The molecule has 6 heteroatoms. The number of nitrogens with zero attached hydrogens (tertiary/aromatic N) is 3. The van der Waals surface area contributed by atoms with E-state index >= 15 is 0 Å². The number of hydrogen-bond acceptors (Lipinski definition) is 5. The van der Waals surface area contributed by atoms with E-state index in [1.165, 1.54) is 51.0 Å². The SMILES string of the molecule is O=C(O)c1cncnc1NCC1(N2CCCC2)CCCC1. The van der Waals surface area contributed by atoms with Crippen molar-refractivity contribution in [1.82, 2.24) is 14.9 Å². The fourth-order valence-electron chi connectivity index (χ4n) is 3.70. The van der Waals surface area contributed by atoms with Gasteiger partial charge < -0.3 is 10.4 Å². The van der Waals surface area contributed by atoms with Crippen molar-refractivity contribution in [2.24, 2.45) is 0 Å². The summed E-state index contributed by atoms with van der Waals surface area (Å²) in [6.45, 7) is 3.10. The largest absolute Gasteiger partial charge is 0.477 e. The smallest absolute Gasteiger partial charge is 0.341 e. The molecule has 6 nitrogen and oxygen atoms in total. The molecule has 3 rings (SSSR count). The summed E-state index contributed by atoms with van der Waals surface area (Å²) in [7, 11) is 0. The molecule has 114 valence electrons. The molecule has 0 spiro atoms. The van der Waals surface area contributed by atoms with Crippen LogP contribution in [-0.4, -0.2) is 51.1 Å². The lowest BCUT2D eigenvalue weighted by Gasteiger charge is -2.39. The van der Waals surface area contributed by atoms with Crippen molar-refractivity contribution in [3.8, 4) is 0 Å². The second-order valence-corrected chi connectivity index (χ2v) is 6.07. The molecule has 0 aromatic carbocycles. The highest BCUT2D eigenvalue weighted by Crippen LogP contribution is 2.37. The van der Waals surface area contributed by atoms with Gasteiger partial charge in [0.15, 0.2) is 0 Å². The highest BCUT2D eigenvalue weighted by molar-refractivity contribution is 5.92. The number of rotatable bonds is 5. The third-order valence-corrected chi connectivity index (χ3v) is 4.84. The van der Waals surface area contributed by atoms with Gasteiger partial charge in [0.2, 0.25) is 0 Å². The summed E-state index contributed by atoms with van der Waals surface area (Å²) in [6, 6.07) is 0. The minimum Gasteiger partial charge on any atom is -0.477 e. The van der Waals surface area contributed by atoms with Crippen molar-refractivity contribution in [2.45, 2.75) is 44.1 Å². The quantitative estimate of drug-likeness (QED) is 0.863. The van der Waals surface area contributed by atoms with E-state index in [-0.39, 0.29) is 11.1 Å². The maximum absolute atomic E-state index is 11.2. The Labute approximate surface area is 124 Å². The predicted octanol–water partition coefficient (Wildman–Crippen LogP) is 2.00. The summed E-state index contributed by atoms with van der Waals surface area (Å²) in [6.07, 6.45) is 10.2. The van der Waals surface area contributed by atoms with Gasteiger partial charge in [-0.05, 0) is 38.8 Å². The summed E-state index contributed by atoms with van der Waals surface area (Å²) in [5.41, 5.74) is 0.323. The van der Waals surface area contributed by atoms with Gasteiger partial charge in [-0.25, -0.2) is 14.8 Å². The zero-order valence-electron chi connectivity index (χ0n) is 12.2. The summed E-state index contributed by atoms with van der Waals surface area (Å²) in [5.74, 6) is -0.553. The highest BCUT2D eigenvalue weighted by Gasteiger charge is 2.40. The molecule has 1 saturated heterocycles. The van der Waals surface area contributed by atoms with Crippen LogP contribution in [0, 0.1) is 0 Å². The molecule has 2 aliphatic rings. The molecule has 0 radical (unpaired) electrons. The Bertz CT molecular complexity index is 508. The molecule has 1 saturated carbocycles. The van der Waals surface area contributed by atoms with Crippen molar-refractivity contribution in [3.63, 3.8) is 0 Å². The van der Waals surface area contributed by atoms with E-state index in [2.05, 4.69) is 20.2 Å². The van der Waals surface area contributed by atoms with E-state index in [1.807, 2.05) is 0 Å². The van der Waals surface area contributed by atoms with Crippen LogP contribution in [0.15, 0.2) is 12.5 Å². The van der Waals surface area contributed by atoms with E-state index in [0.29, 0.717) is 5.82 Å². The van der Waals surface area contributed by atoms with Crippen molar-refractivity contribution in [3.05, 3.63) is 18.1 Å². The molecule has 0 unspecified atom stereocenters. The lowest BCUT2D eigenvalue weighted by Crippen LogP contribution is -2.50. The molecule has 0 amide bonds. The minimum atomic E-state index is -0.986. The third kappa shape index (κ3) is 2.85. The number of carbonyl (C=O) groups is 1. The number of aromatic nitrogens is 2. The average molecular weight is 290 g/mol. The topological polar surface area (TPSA) is 78.3 Å². The van der Waals surface area contributed by atoms with Gasteiger partial charge in [-0.2, -0.15) is 0 Å². The van der Waals surface area contributed by atoms with E-state index in [0.717, 1.165) is 19.6 Å². The van der Waals surface area contributed by atoms with Crippen molar-refractivity contribution >= 4 is 11.8 Å². The van der Waals surface area contributed by atoms with E-state index in [9.17, 15) is 9.90 Å². The molecule has 0 atom stereocenters. The predicted molar refractivity (Wildman–Crippen MR) is 79.5 cm³/mol. The van der Waals surface area contributed by atoms with Gasteiger partial charge in [0, 0.05) is 18.3 Å². The third-order valence-electron chi connectivity index (χ3n) is 4.84. The van der Waals surface area contributed by atoms with Crippen molar-refractivity contribution in [2.75, 3.05) is 25.0 Å². The second-order valence-electron chi connectivity index (χ2n) is 6.07. The van der Waals surface area contributed by atoms with Crippen LogP contribution in [0.2, 0.25) is 0 Å². The van der Waals surface area contributed by atoms with Crippen LogP contribution < -0.4 is 5.32 Å². The maximum atomic E-state index is 11.2. The molecule has 1 aliphatic carbocycles. The van der Waals surface area contributed by atoms with Crippen LogP contribution in [0.3, 0.4) is 0 Å². The Kier molecular flexibility index (Phi) is 4.05. The summed E-state index contributed by atoms with van der Waals surface area (Å²) in [4.78, 5) is 21.7. The highest BCUT2D eigenvalue weighted by atomic mass is 16.4. The lowest BCUT2D eigenvalue weighted by atomic mass is 9.95. The van der Waals surface area contributed by atoms with Crippen molar-refractivity contribution in [1.29, 1.82) is 0 Å². The Morgan fingerprint density at radius 3 is 2.67 bits per heavy atom. The van der Waals surface area contributed by atoms with Gasteiger partial charge >= 0.3 is 5.97 Å². The van der Waals surface area contributed by atoms with Gasteiger partial charge in [-0.3, -0.25) is 4.90 Å². The average Bonchev–Trinajstić information content (AvgIpc) is 3.17. The first-order valence-electron chi connectivity index (χ1n) is 7.73. The molecular weight excluding hydrogens is 268 g/mol. The number of carboxylic acids is 1. The van der Waals surface area contributed by atoms with Gasteiger partial charge in [-0.15, -0.1) is 0 Å².